The van der Waals surface area contributed by atoms with Crippen molar-refractivity contribution < 1.29 is 14.7 Å². The zero-order valence-electron chi connectivity index (χ0n) is 11.8. The molecule has 0 radical (unpaired) electrons. The van der Waals surface area contributed by atoms with Gasteiger partial charge in [0.2, 0.25) is 0 Å². The van der Waals surface area contributed by atoms with E-state index in [1.165, 1.54) is 18.7 Å². The number of aliphatic carboxylic acids is 1. The summed E-state index contributed by atoms with van der Waals surface area (Å²) in [4.78, 5) is 27.0. The molecule has 1 aliphatic rings. The smallest absolute Gasteiger partial charge is 0.335 e. The Balaban J connectivity index is 2.35. The summed E-state index contributed by atoms with van der Waals surface area (Å²) in [5.41, 5.74) is 1.60. The van der Waals surface area contributed by atoms with Crippen LogP contribution in [0.2, 0.25) is 0 Å². The van der Waals surface area contributed by atoms with Crippen LogP contribution in [-0.2, 0) is 9.59 Å². The molecule has 0 aromatic heterocycles. The summed E-state index contributed by atoms with van der Waals surface area (Å²) in [6.45, 7) is 3.22. The zero-order valence-corrected chi connectivity index (χ0v) is 12.6. The van der Waals surface area contributed by atoms with Gasteiger partial charge in [-0.25, -0.2) is 9.79 Å². The lowest BCUT2D eigenvalue weighted by Gasteiger charge is -2.24. The summed E-state index contributed by atoms with van der Waals surface area (Å²) in [5.74, 6) is -0.636. The number of thioether (sulfide) groups is 1. The Hall–Kier alpha value is -2.08. The minimum Gasteiger partial charge on any atom is -0.478 e. The highest BCUT2D eigenvalue weighted by Crippen LogP contribution is 2.31. The number of carbonyl (C=O) groups excluding carboxylic acids is 1. The molecule has 6 heteroatoms. The van der Waals surface area contributed by atoms with Crippen molar-refractivity contribution in [1.82, 2.24) is 5.32 Å². The minimum absolute atomic E-state index is 0.0476. The van der Waals surface area contributed by atoms with Gasteiger partial charge in [-0.15, -0.1) is 0 Å². The maximum atomic E-state index is 11.5. The molecule has 0 amide bonds. The number of nitrogens with zero attached hydrogens (tertiary/aromatic N) is 1. The molecule has 0 saturated heterocycles. The van der Waals surface area contributed by atoms with Crippen LogP contribution in [0.3, 0.4) is 0 Å². The lowest BCUT2D eigenvalue weighted by Crippen LogP contribution is -2.30. The molecule has 1 aromatic rings. The number of aliphatic imine (C=N–C) groups is 1. The first-order valence-corrected chi connectivity index (χ1v) is 7.43. The Bertz CT molecular complexity index is 623. The van der Waals surface area contributed by atoms with Crippen LogP contribution in [0, 0.1) is 0 Å². The van der Waals surface area contributed by atoms with Crippen LogP contribution in [-0.4, -0.2) is 27.8 Å². The van der Waals surface area contributed by atoms with E-state index in [0.717, 1.165) is 5.56 Å². The molecule has 1 aromatic carbocycles. The third-order valence-corrected chi connectivity index (χ3v) is 4.01. The van der Waals surface area contributed by atoms with Crippen molar-refractivity contribution in [3.05, 3.63) is 47.2 Å². The SMILES string of the molecule is CC(=O)CSC1=NC(c2ccccc2)C(C(=O)O)=C(C)N1. The first-order valence-electron chi connectivity index (χ1n) is 6.45. The van der Waals surface area contributed by atoms with E-state index in [-0.39, 0.29) is 11.4 Å². The average Bonchev–Trinajstić information content (AvgIpc) is 2.45. The molecule has 1 unspecified atom stereocenters. The predicted molar refractivity (Wildman–Crippen MR) is 83.2 cm³/mol. The largest absolute Gasteiger partial charge is 0.478 e. The van der Waals surface area contributed by atoms with E-state index in [0.29, 0.717) is 16.6 Å². The number of allylic oxidation sites excluding steroid dienone is 1. The van der Waals surface area contributed by atoms with Gasteiger partial charge in [0.25, 0.3) is 0 Å². The average molecular weight is 304 g/mol. The molecule has 1 heterocycles. The van der Waals surface area contributed by atoms with Gasteiger partial charge >= 0.3 is 5.97 Å². The molecular formula is C15H16N2O3S. The van der Waals surface area contributed by atoms with Crippen molar-refractivity contribution in [3.63, 3.8) is 0 Å². The fourth-order valence-electron chi connectivity index (χ4n) is 2.04. The normalized spacial score (nSPS) is 18.0. The fourth-order valence-corrected chi connectivity index (χ4v) is 2.79. The number of benzene rings is 1. The van der Waals surface area contributed by atoms with Crippen molar-refractivity contribution in [2.45, 2.75) is 19.9 Å². The summed E-state index contributed by atoms with van der Waals surface area (Å²) < 4.78 is 0. The van der Waals surface area contributed by atoms with Gasteiger partial charge in [-0.2, -0.15) is 0 Å². The van der Waals surface area contributed by atoms with E-state index in [4.69, 9.17) is 0 Å². The first-order chi connectivity index (χ1) is 9.99. The first kappa shape index (κ1) is 15.3. The van der Waals surface area contributed by atoms with Crippen LogP contribution in [0.25, 0.3) is 0 Å². The van der Waals surface area contributed by atoms with E-state index in [2.05, 4.69) is 10.3 Å². The number of carboxylic acid groups (broad SMARTS) is 1. The number of rotatable bonds is 4. The lowest BCUT2D eigenvalue weighted by atomic mass is 9.97. The monoisotopic (exact) mass is 304 g/mol. The van der Waals surface area contributed by atoms with E-state index in [1.54, 1.807) is 6.92 Å². The third kappa shape index (κ3) is 3.72. The highest BCUT2D eigenvalue weighted by Gasteiger charge is 2.28. The van der Waals surface area contributed by atoms with Crippen molar-refractivity contribution in [3.8, 4) is 0 Å². The third-order valence-electron chi connectivity index (χ3n) is 2.98. The number of hydrogen-bond donors (Lipinski definition) is 2. The second-order valence-corrected chi connectivity index (χ2v) is 5.67. The van der Waals surface area contributed by atoms with Crippen LogP contribution >= 0.6 is 11.8 Å². The predicted octanol–water partition coefficient (Wildman–Crippen LogP) is 2.37. The Morgan fingerprint density at radius 2 is 2.00 bits per heavy atom. The van der Waals surface area contributed by atoms with Crippen molar-refractivity contribution in [2.24, 2.45) is 4.99 Å². The molecule has 0 saturated carbocycles. The summed E-state index contributed by atoms with van der Waals surface area (Å²) in [7, 11) is 0. The van der Waals surface area contributed by atoms with E-state index >= 15 is 0 Å². The molecule has 5 nitrogen and oxygen atoms in total. The molecule has 110 valence electrons. The summed E-state index contributed by atoms with van der Waals surface area (Å²) in [6.07, 6.45) is 0. The molecule has 0 spiro atoms. The number of Topliss-reactive ketones (excluding diaryl/α,β-unsaturated/α-hetero) is 1. The second kappa shape index (κ2) is 6.58. The molecule has 2 N–H and O–H groups in total. The maximum absolute atomic E-state index is 11.5. The van der Waals surface area contributed by atoms with Gasteiger partial charge in [0.05, 0.1) is 11.3 Å². The van der Waals surface area contributed by atoms with Gasteiger partial charge in [-0.05, 0) is 19.4 Å². The van der Waals surface area contributed by atoms with Crippen molar-refractivity contribution in [1.29, 1.82) is 0 Å². The molecule has 1 atom stereocenters. The molecular weight excluding hydrogens is 288 g/mol. The number of carbonyl (C=O) groups is 2. The highest BCUT2D eigenvalue weighted by atomic mass is 32.2. The topological polar surface area (TPSA) is 78.8 Å². The van der Waals surface area contributed by atoms with Crippen LogP contribution in [0.5, 0.6) is 0 Å². The Kier molecular flexibility index (Phi) is 4.80. The molecule has 21 heavy (non-hydrogen) atoms. The maximum Gasteiger partial charge on any atom is 0.335 e. The van der Waals surface area contributed by atoms with Crippen LogP contribution < -0.4 is 5.32 Å². The summed E-state index contributed by atoms with van der Waals surface area (Å²) >= 11 is 1.28. The van der Waals surface area contributed by atoms with Gasteiger partial charge in [0.1, 0.15) is 11.8 Å². The standard InChI is InChI=1S/C15H16N2O3S/c1-9(18)8-21-15-16-10(2)12(14(19)20)13(17-15)11-6-4-3-5-7-11/h3-7,13H,8H2,1-2H3,(H,16,17)(H,19,20). The minimum atomic E-state index is -0.992. The summed E-state index contributed by atoms with van der Waals surface area (Å²) in [6, 6.07) is 8.72. The van der Waals surface area contributed by atoms with Gasteiger partial charge in [0.15, 0.2) is 5.17 Å². The molecule has 1 aliphatic heterocycles. The van der Waals surface area contributed by atoms with Gasteiger partial charge in [0, 0.05) is 5.70 Å². The quantitative estimate of drug-likeness (QED) is 0.893. The van der Waals surface area contributed by atoms with Gasteiger partial charge in [-0.1, -0.05) is 42.1 Å². The number of amidine groups is 1. The fraction of sp³-hybridized carbons (Fsp3) is 0.267. The lowest BCUT2D eigenvalue weighted by molar-refractivity contribution is -0.133. The van der Waals surface area contributed by atoms with Crippen molar-refractivity contribution >= 4 is 28.7 Å². The highest BCUT2D eigenvalue weighted by molar-refractivity contribution is 8.14. The van der Waals surface area contributed by atoms with Crippen LogP contribution in [0.1, 0.15) is 25.5 Å². The molecule has 0 fully saturated rings. The molecule has 0 aliphatic carbocycles. The molecule has 2 rings (SSSR count). The number of hydrogen-bond acceptors (Lipinski definition) is 5. The summed E-state index contributed by atoms with van der Waals surface area (Å²) in [5, 5.41) is 13.0. The van der Waals surface area contributed by atoms with E-state index in [9.17, 15) is 14.7 Å². The number of nitrogens with one attached hydrogen (secondary N) is 1. The Morgan fingerprint density at radius 1 is 1.33 bits per heavy atom. The number of ketones is 1. The van der Waals surface area contributed by atoms with Crippen LogP contribution in [0.15, 0.2) is 46.6 Å². The van der Waals surface area contributed by atoms with Crippen molar-refractivity contribution in [2.75, 3.05) is 5.75 Å². The van der Waals surface area contributed by atoms with E-state index in [1.807, 2.05) is 30.3 Å². The van der Waals surface area contributed by atoms with E-state index < -0.39 is 12.0 Å². The Labute approximate surface area is 127 Å². The molecule has 0 bridgehead atoms. The Morgan fingerprint density at radius 3 is 2.57 bits per heavy atom. The van der Waals surface area contributed by atoms with Crippen LogP contribution in [0.4, 0.5) is 0 Å². The second-order valence-electron chi connectivity index (χ2n) is 4.71. The number of carboxylic acids is 1. The van der Waals surface area contributed by atoms with Gasteiger partial charge in [-0.3, -0.25) is 4.79 Å². The zero-order chi connectivity index (χ0) is 15.4. The van der Waals surface area contributed by atoms with Gasteiger partial charge < -0.3 is 10.4 Å².